The van der Waals surface area contributed by atoms with E-state index in [4.69, 9.17) is 0 Å². The molecule has 0 heterocycles. The van der Waals surface area contributed by atoms with Crippen LogP contribution in [0.1, 0.15) is 13.3 Å². The van der Waals surface area contributed by atoms with Gasteiger partial charge in [0, 0.05) is 20.3 Å². The highest BCUT2D eigenvalue weighted by molar-refractivity contribution is 6.60. The molecule has 0 fully saturated rings. The van der Waals surface area contributed by atoms with Crippen LogP contribution in [-0.4, -0.2) is 29.4 Å². The molecule has 0 aliphatic carbocycles. The van der Waals surface area contributed by atoms with E-state index in [-0.39, 0.29) is 6.04 Å². The van der Waals surface area contributed by atoms with E-state index in [0.29, 0.717) is 6.42 Å². The van der Waals surface area contributed by atoms with E-state index in [0.717, 1.165) is 14.2 Å². The number of hydrogen-bond acceptors (Lipinski definition) is 3. The molecule has 0 amide bonds. The first-order valence-corrected chi connectivity index (χ1v) is 5.69. The predicted octanol–water partition coefficient (Wildman–Crippen LogP) is 2.16. The molecule has 0 saturated heterocycles. The first kappa shape index (κ1) is 12.9. The van der Waals surface area contributed by atoms with Crippen molar-refractivity contribution in [2.75, 3.05) is 14.2 Å². The van der Waals surface area contributed by atoms with Gasteiger partial charge in [-0.15, -0.1) is 13.2 Å². The van der Waals surface area contributed by atoms with E-state index in [2.05, 4.69) is 13.3 Å². The molecule has 0 atom stereocenters. The Kier molecular flexibility index (Phi) is 4.90. The summed E-state index contributed by atoms with van der Waals surface area (Å²) in [4.78, 5) is 0. The number of hydrogen-bond donors (Lipinski definition) is 0. The van der Waals surface area contributed by atoms with Crippen molar-refractivity contribution in [1.29, 1.82) is 0 Å². The van der Waals surface area contributed by atoms with Crippen LogP contribution < -0.4 is 0 Å². The minimum atomic E-state index is -4.70. The third kappa shape index (κ3) is 4.60. The molecule has 0 aliphatic rings. The Morgan fingerprint density at radius 2 is 1.62 bits per heavy atom. The Bertz CT molecular complexity index is 147. The lowest BCUT2D eigenvalue weighted by atomic mass is 10.6. The van der Waals surface area contributed by atoms with Crippen molar-refractivity contribution in [2.45, 2.75) is 25.8 Å². The zero-order valence-electron chi connectivity index (χ0n) is 7.77. The van der Waals surface area contributed by atoms with Crippen molar-refractivity contribution < 1.29 is 26.4 Å². The van der Waals surface area contributed by atoms with E-state index >= 15 is 0 Å². The van der Waals surface area contributed by atoms with Gasteiger partial charge in [-0.3, -0.25) is 4.43 Å². The molecule has 3 nitrogen and oxygen atoms in total. The molecule has 0 N–H and O–H groups in total. The Labute approximate surface area is 76.2 Å². The SMILES string of the molecule is CCC[Si](OC)(OC)OC(F)(F)F. The standard InChI is InChI=1S/C6H13F3O3Si/c1-4-5-13(10-2,11-3)12-6(7,8)9/h4-5H2,1-3H3. The summed E-state index contributed by atoms with van der Waals surface area (Å²) in [6, 6.07) is 0.152. The lowest BCUT2D eigenvalue weighted by Gasteiger charge is -2.26. The summed E-state index contributed by atoms with van der Waals surface area (Å²) in [5, 5.41) is 0. The van der Waals surface area contributed by atoms with Crippen molar-refractivity contribution in [3.8, 4) is 0 Å². The number of alkyl halides is 3. The molecule has 80 valence electrons. The summed E-state index contributed by atoms with van der Waals surface area (Å²) >= 11 is 0. The molecule has 0 aromatic carbocycles. The van der Waals surface area contributed by atoms with Gasteiger partial charge in [-0.2, -0.15) is 0 Å². The van der Waals surface area contributed by atoms with Crippen LogP contribution in [-0.2, 0) is 13.3 Å². The van der Waals surface area contributed by atoms with Crippen LogP contribution >= 0.6 is 0 Å². The lowest BCUT2D eigenvalue weighted by molar-refractivity contribution is -0.296. The number of rotatable bonds is 5. The van der Waals surface area contributed by atoms with Crippen molar-refractivity contribution in [3.05, 3.63) is 0 Å². The van der Waals surface area contributed by atoms with E-state index in [9.17, 15) is 13.2 Å². The maximum absolute atomic E-state index is 11.9. The van der Waals surface area contributed by atoms with Gasteiger partial charge in [0.2, 0.25) is 0 Å². The topological polar surface area (TPSA) is 27.7 Å². The van der Waals surface area contributed by atoms with E-state index in [1.54, 1.807) is 6.92 Å². The monoisotopic (exact) mass is 218 g/mol. The zero-order chi connectivity index (χ0) is 10.5. The van der Waals surface area contributed by atoms with E-state index < -0.39 is 15.2 Å². The summed E-state index contributed by atoms with van der Waals surface area (Å²) < 4.78 is 48.9. The third-order valence-corrected chi connectivity index (χ3v) is 4.35. The largest absolute Gasteiger partial charge is 0.516 e. The van der Waals surface area contributed by atoms with Gasteiger partial charge in [0.15, 0.2) is 0 Å². The first-order valence-electron chi connectivity index (χ1n) is 3.76. The normalized spacial score (nSPS) is 13.4. The maximum atomic E-state index is 11.9. The number of halogens is 3. The Morgan fingerprint density at radius 3 is 1.85 bits per heavy atom. The summed E-state index contributed by atoms with van der Waals surface area (Å²) in [5.74, 6) is 0. The van der Waals surface area contributed by atoms with Gasteiger partial charge in [0.1, 0.15) is 0 Å². The highest BCUT2D eigenvalue weighted by Gasteiger charge is 2.48. The zero-order valence-corrected chi connectivity index (χ0v) is 8.77. The van der Waals surface area contributed by atoms with Crippen LogP contribution in [0.15, 0.2) is 0 Å². The van der Waals surface area contributed by atoms with Crippen LogP contribution in [0.25, 0.3) is 0 Å². The molecule has 0 aliphatic heterocycles. The van der Waals surface area contributed by atoms with Gasteiger partial charge >= 0.3 is 15.2 Å². The highest BCUT2D eigenvalue weighted by Crippen LogP contribution is 2.26. The fourth-order valence-corrected chi connectivity index (χ4v) is 2.71. The quantitative estimate of drug-likeness (QED) is 0.662. The Balaban J connectivity index is 4.38. The molecular formula is C6H13F3O3Si. The Hall–Kier alpha value is -0.113. The molecular weight excluding hydrogens is 205 g/mol. The minimum absolute atomic E-state index is 0.152. The van der Waals surface area contributed by atoms with Gasteiger partial charge in [0.05, 0.1) is 0 Å². The summed E-state index contributed by atoms with van der Waals surface area (Å²) in [6.45, 7) is 1.74. The molecule has 0 saturated carbocycles. The molecule has 0 radical (unpaired) electrons. The molecule has 0 aromatic rings. The molecule has 7 heteroatoms. The maximum Gasteiger partial charge on any atom is 0.516 e. The van der Waals surface area contributed by atoms with Gasteiger partial charge in [-0.1, -0.05) is 13.3 Å². The molecule has 0 rings (SSSR count). The van der Waals surface area contributed by atoms with Crippen molar-refractivity contribution in [3.63, 3.8) is 0 Å². The van der Waals surface area contributed by atoms with Gasteiger partial charge in [-0.05, 0) is 0 Å². The van der Waals surface area contributed by atoms with Gasteiger partial charge < -0.3 is 8.85 Å². The third-order valence-electron chi connectivity index (χ3n) is 1.45. The second kappa shape index (κ2) is 4.94. The lowest BCUT2D eigenvalue weighted by Crippen LogP contribution is -2.47. The minimum Gasteiger partial charge on any atom is -0.377 e. The molecule has 0 unspecified atom stereocenters. The van der Waals surface area contributed by atoms with Crippen LogP contribution in [0.2, 0.25) is 6.04 Å². The van der Waals surface area contributed by atoms with Crippen molar-refractivity contribution >= 4 is 8.80 Å². The summed E-state index contributed by atoms with van der Waals surface area (Å²) in [7, 11) is -1.18. The summed E-state index contributed by atoms with van der Waals surface area (Å²) in [6.07, 6.45) is -4.18. The van der Waals surface area contributed by atoms with Crippen LogP contribution in [0.5, 0.6) is 0 Å². The average molecular weight is 218 g/mol. The van der Waals surface area contributed by atoms with E-state index in [1.807, 2.05) is 0 Å². The fraction of sp³-hybridized carbons (Fsp3) is 1.00. The second-order valence-electron chi connectivity index (χ2n) is 2.39. The molecule has 0 aromatic heterocycles. The van der Waals surface area contributed by atoms with Crippen LogP contribution in [0.4, 0.5) is 13.2 Å². The second-order valence-corrected chi connectivity index (χ2v) is 5.28. The first-order chi connectivity index (χ1) is 5.89. The molecule has 13 heavy (non-hydrogen) atoms. The van der Waals surface area contributed by atoms with Crippen molar-refractivity contribution in [2.24, 2.45) is 0 Å². The average Bonchev–Trinajstić information content (AvgIpc) is 2.01. The van der Waals surface area contributed by atoms with Gasteiger partial charge in [0.25, 0.3) is 0 Å². The van der Waals surface area contributed by atoms with Crippen LogP contribution in [0, 0.1) is 0 Å². The highest BCUT2D eigenvalue weighted by atomic mass is 28.4. The summed E-state index contributed by atoms with van der Waals surface area (Å²) in [5.41, 5.74) is 0. The fourth-order valence-electron chi connectivity index (χ4n) is 0.904. The Morgan fingerprint density at radius 1 is 1.15 bits per heavy atom. The van der Waals surface area contributed by atoms with Gasteiger partial charge in [-0.25, -0.2) is 0 Å². The predicted molar refractivity (Wildman–Crippen MR) is 42.0 cm³/mol. The molecule has 0 bridgehead atoms. The van der Waals surface area contributed by atoms with E-state index in [1.165, 1.54) is 0 Å². The van der Waals surface area contributed by atoms with Crippen LogP contribution in [0.3, 0.4) is 0 Å². The smallest absolute Gasteiger partial charge is 0.377 e. The van der Waals surface area contributed by atoms with Crippen molar-refractivity contribution in [1.82, 2.24) is 0 Å². The molecule has 0 spiro atoms.